The number of carbonyl (C=O) groups excluding carboxylic acids is 1. The van der Waals surface area contributed by atoms with E-state index in [1.807, 2.05) is 0 Å². The highest BCUT2D eigenvalue weighted by molar-refractivity contribution is 8.13. The predicted octanol–water partition coefficient (Wildman–Crippen LogP) is 1.94. The minimum absolute atomic E-state index is 0.0723. The van der Waals surface area contributed by atoms with Crippen LogP contribution >= 0.6 is 10.7 Å². The van der Waals surface area contributed by atoms with E-state index in [9.17, 15) is 26.4 Å². The standard InChI is InChI=1S/C12H12ClF3N2O4S/c13-23(20,21)9-1-2-10(17-7-9)22-8-3-5-18(6-4-8)11(19)12(14,15)16/h1-2,7-8H,3-6H2. The summed E-state index contributed by atoms with van der Waals surface area (Å²) in [5, 5.41) is 0. The maximum Gasteiger partial charge on any atom is 0.471 e. The lowest BCUT2D eigenvalue weighted by Gasteiger charge is -2.32. The Balaban J connectivity index is 1.91. The molecule has 1 amide bonds. The van der Waals surface area contributed by atoms with E-state index in [1.165, 1.54) is 12.1 Å². The first-order valence-corrected chi connectivity index (χ1v) is 8.82. The van der Waals surface area contributed by atoms with Crippen molar-refractivity contribution in [3.63, 3.8) is 0 Å². The Bertz CT molecular complexity index is 671. The molecule has 11 heteroatoms. The van der Waals surface area contributed by atoms with Gasteiger partial charge < -0.3 is 9.64 Å². The van der Waals surface area contributed by atoms with Gasteiger partial charge in [-0.15, -0.1) is 0 Å². The van der Waals surface area contributed by atoms with Crippen molar-refractivity contribution < 1.29 is 31.1 Å². The second-order valence-corrected chi connectivity index (χ2v) is 7.44. The number of pyridine rings is 1. The van der Waals surface area contributed by atoms with Gasteiger partial charge in [0.2, 0.25) is 5.88 Å². The van der Waals surface area contributed by atoms with Crippen molar-refractivity contribution in [3.05, 3.63) is 18.3 Å². The highest BCUT2D eigenvalue weighted by atomic mass is 35.7. The van der Waals surface area contributed by atoms with Gasteiger partial charge in [0.05, 0.1) is 6.20 Å². The van der Waals surface area contributed by atoms with Gasteiger partial charge >= 0.3 is 12.1 Å². The second kappa shape index (κ2) is 6.52. The number of likely N-dealkylation sites (tertiary alicyclic amines) is 1. The van der Waals surface area contributed by atoms with Crippen LogP contribution in [0.1, 0.15) is 12.8 Å². The van der Waals surface area contributed by atoms with Crippen molar-refractivity contribution in [2.75, 3.05) is 13.1 Å². The fraction of sp³-hybridized carbons (Fsp3) is 0.500. The van der Waals surface area contributed by atoms with E-state index < -0.39 is 27.2 Å². The Labute approximate surface area is 134 Å². The van der Waals surface area contributed by atoms with Crippen molar-refractivity contribution in [1.29, 1.82) is 0 Å². The fourth-order valence-electron chi connectivity index (χ4n) is 2.11. The number of carbonyl (C=O) groups is 1. The lowest BCUT2D eigenvalue weighted by Crippen LogP contribution is -2.47. The number of rotatable bonds is 3. The molecule has 0 N–H and O–H groups in total. The number of hydrogen-bond donors (Lipinski definition) is 0. The molecule has 1 aliphatic rings. The number of piperidine rings is 1. The average molecular weight is 373 g/mol. The van der Waals surface area contributed by atoms with Crippen molar-refractivity contribution in [2.45, 2.75) is 30.0 Å². The zero-order valence-corrected chi connectivity index (χ0v) is 13.2. The van der Waals surface area contributed by atoms with Gasteiger partial charge in [-0.05, 0) is 6.07 Å². The third-order valence-corrected chi connectivity index (χ3v) is 4.59. The molecule has 23 heavy (non-hydrogen) atoms. The summed E-state index contributed by atoms with van der Waals surface area (Å²) in [7, 11) is 1.27. The molecule has 1 aliphatic heterocycles. The second-order valence-electron chi connectivity index (χ2n) is 4.88. The van der Waals surface area contributed by atoms with E-state index in [4.69, 9.17) is 15.4 Å². The Hall–Kier alpha value is -1.55. The molecule has 1 aromatic heterocycles. The largest absolute Gasteiger partial charge is 0.474 e. The molecule has 1 saturated heterocycles. The van der Waals surface area contributed by atoms with Crippen LogP contribution < -0.4 is 4.74 Å². The molecule has 1 aromatic rings. The first-order valence-electron chi connectivity index (χ1n) is 6.51. The summed E-state index contributed by atoms with van der Waals surface area (Å²) in [5.74, 6) is -1.72. The van der Waals surface area contributed by atoms with Crippen LogP contribution in [0, 0.1) is 0 Å². The summed E-state index contributed by atoms with van der Waals surface area (Å²) in [5.41, 5.74) is 0. The molecule has 0 unspecified atom stereocenters. The lowest BCUT2D eigenvalue weighted by molar-refractivity contribution is -0.187. The third kappa shape index (κ3) is 4.71. The van der Waals surface area contributed by atoms with Crippen molar-refractivity contribution >= 4 is 25.6 Å². The number of ether oxygens (including phenoxy) is 1. The molecular formula is C12H12ClF3N2O4S. The summed E-state index contributed by atoms with van der Waals surface area (Å²) < 4.78 is 64.6. The lowest BCUT2D eigenvalue weighted by atomic mass is 10.1. The van der Waals surface area contributed by atoms with Gasteiger partial charge in [0.1, 0.15) is 11.0 Å². The molecule has 0 bridgehead atoms. The van der Waals surface area contributed by atoms with E-state index in [0.717, 1.165) is 11.1 Å². The highest BCUT2D eigenvalue weighted by Gasteiger charge is 2.43. The van der Waals surface area contributed by atoms with Crippen LogP contribution in [-0.2, 0) is 13.8 Å². The van der Waals surface area contributed by atoms with Crippen LogP contribution in [0.25, 0.3) is 0 Å². The molecule has 6 nitrogen and oxygen atoms in total. The molecule has 0 aromatic carbocycles. The van der Waals surface area contributed by atoms with Crippen LogP contribution in [0.5, 0.6) is 5.88 Å². The number of hydrogen-bond acceptors (Lipinski definition) is 5. The Morgan fingerprint density at radius 1 is 1.30 bits per heavy atom. The van der Waals surface area contributed by atoms with E-state index >= 15 is 0 Å². The smallest absolute Gasteiger partial charge is 0.471 e. The first kappa shape index (κ1) is 17.8. The zero-order valence-electron chi connectivity index (χ0n) is 11.6. The molecule has 0 aliphatic carbocycles. The Kier molecular flexibility index (Phi) is 5.04. The third-order valence-electron chi connectivity index (χ3n) is 3.25. The number of aromatic nitrogens is 1. The monoisotopic (exact) mass is 372 g/mol. The van der Waals surface area contributed by atoms with Crippen LogP contribution in [0.15, 0.2) is 23.2 Å². The van der Waals surface area contributed by atoms with Crippen LogP contribution in [0.2, 0.25) is 0 Å². The van der Waals surface area contributed by atoms with Crippen molar-refractivity contribution in [3.8, 4) is 5.88 Å². The number of alkyl halides is 3. The molecule has 0 atom stereocenters. The summed E-state index contributed by atoms with van der Waals surface area (Å²) in [6, 6.07) is 2.52. The van der Waals surface area contributed by atoms with Gasteiger partial charge in [-0.2, -0.15) is 13.2 Å². The first-order chi connectivity index (χ1) is 10.6. The van der Waals surface area contributed by atoms with Crippen LogP contribution in [0.3, 0.4) is 0 Å². The topological polar surface area (TPSA) is 76.6 Å². The predicted molar refractivity (Wildman–Crippen MR) is 73.6 cm³/mol. The van der Waals surface area contributed by atoms with E-state index in [0.29, 0.717) is 0 Å². The van der Waals surface area contributed by atoms with Crippen LogP contribution in [0.4, 0.5) is 13.2 Å². The molecule has 2 rings (SSSR count). The SMILES string of the molecule is O=C(N1CCC(Oc2ccc(S(=O)(=O)Cl)cn2)CC1)C(F)(F)F. The summed E-state index contributed by atoms with van der Waals surface area (Å²) in [4.78, 5) is 15.4. The quantitative estimate of drug-likeness (QED) is 0.758. The summed E-state index contributed by atoms with van der Waals surface area (Å²) in [6.45, 7) is -0.145. The van der Waals surface area contributed by atoms with Gasteiger partial charge in [-0.3, -0.25) is 4.79 Å². The summed E-state index contributed by atoms with van der Waals surface area (Å²) in [6.07, 6.45) is -3.81. The van der Waals surface area contributed by atoms with Crippen molar-refractivity contribution in [1.82, 2.24) is 9.88 Å². The van der Waals surface area contributed by atoms with Gasteiger partial charge in [0.15, 0.2) is 0 Å². The minimum atomic E-state index is -4.88. The fourth-order valence-corrected chi connectivity index (χ4v) is 2.79. The van der Waals surface area contributed by atoms with Crippen LogP contribution in [-0.4, -0.2) is 49.6 Å². The van der Waals surface area contributed by atoms with E-state index in [1.54, 1.807) is 0 Å². The van der Waals surface area contributed by atoms with E-state index in [2.05, 4.69) is 4.98 Å². The van der Waals surface area contributed by atoms with Gasteiger partial charge in [-0.25, -0.2) is 13.4 Å². The number of nitrogens with zero attached hydrogens (tertiary/aromatic N) is 2. The Morgan fingerprint density at radius 2 is 1.91 bits per heavy atom. The van der Waals surface area contributed by atoms with Gasteiger partial charge in [0, 0.05) is 42.7 Å². The highest BCUT2D eigenvalue weighted by Crippen LogP contribution is 2.24. The van der Waals surface area contributed by atoms with Crippen molar-refractivity contribution in [2.24, 2.45) is 0 Å². The maximum absolute atomic E-state index is 12.3. The average Bonchev–Trinajstić information content (AvgIpc) is 2.46. The maximum atomic E-state index is 12.3. The van der Waals surface area contributed by atoms with E-state index in [-0.39, 0.29) is 36.7 Å². The molecule has 0 saturated carbocycles. The molecular weight excluding hydrogens is 361 g/mol. The Morgan fingerprint density at radius 3 is 2.35 bits per heavy atom. The number of halogens is 4. The molecule has 0 spiro atoms. The normalized spacial score (nSPS) is 17.1. The zero-order chi connectivity index (χ0) is 17.3. The molecule has 0 radical (unpaired) electrons. The van der Waals surface area contributed by atoms with Gasteiger partial charge in [-0.1, -0.05) is 0 Å². The van der Waals surface area contributed by atoms with Gasteiger partial charge in [0.25, 0.3) is 9.05 Å². The summed E-state index contributed by atoms with van der Waals surface area (Å²) >= 11 is 0. The molecule has 2 heterocycles. The molecule has 1 fully saturated rings. The molecule has 128 valence electrons. The minimum Gasteiger partial charge on any atom is -0.474 e. The number of amides is 1.